The molecule has 6 nitrogen and oxygen atoms in total. The third-order valence-corrected chi connectivity index (χ3v) is 1.92. The van der Waals surface area contributed by atoms with E-state index in [1.807, 2.05) is 0 Å². The summed E-state index contributed by atoms with van der Waals surface area (Å²) >= 11 is 0. The molecule has 0 aromatic carbocycles. The van der Waals surface area contributed by atoms with Crippen molar-refractivity contribution in [1.82, 2.24) is 15.0 Å². The van der Waals surface area contributed by atoms with E-state index in [4.69, 9.17) is 5.73 Å². The summed E-state index contributed by atoms with van der Waals surface area (Å²) < 4.78 is 0. The number of hydrogen-bond acceptors (Lipinski definition) is 4. The van der Waals surface area contributed by atoms with Crippen LogP contribution in [0.2, 0.25) is 0 Å². The number of H-pyrrole nitrogens is 2. The molecule has 0 aliphatic heterocycles. The average Bonchev–Trinajstić information content (AvgIpc) is 2.22. The summed E-state index contributed by atoms with van der Waals surface area (Å²) in [6.07, 6.45) is 2.86. The summed E-state index contributed by atoms with van der Waals surface area (Å²) in [5.74, 6) is 0. The fraction of sp³-hybridized carbons (Fsp3) is 0. The lowest BCUT2D eigenvalue weighted by molar-refractivity contribution is 1.08. The van der Waals surface area contributed by atoms with Gasteiger partial charge in [0.2, 0.25) is 0 Å². The Hall–Kier alpha value is -2.37. The quantitative estimate of drug-likeness (QED) is 0.593. The molecule has 0 spiro atoms. The van der Waals surface area contributed by atoms with Crippen LogP contribution in [0.3, 0.4) is 0 Å². The zero-order valence-corrected chi connectivity index (χ0v) is 7.65. The molecule has 0 saturated carbocycles. The molecule has 76 valence electrons. The number of nitrogens with two attached hydrogens (primary N) is 1. The molecule has 15 heavy (non-hydrogen) atoms. The molecule has 0 fully saturated rings. The lowest BCUT2D eigenvalue weighted by Gasteiger charge is -2.00. The Morgan fingerprint density at radius 2 is 2.13 bits per heavy atom. The van der Waals surface area contributed by atoms with E-state index in [1.54, 1.807) is 6.07 Å². The highest BCUT2D eigenvalue weighted by atomic mass is 16.1. The fourth-order valence-corrected chi connectivity index (χ4v) is 1.19. The largest absolute Gasteiger partial charge is 0.394 e. The van der Waals surface area contributed by atoms with E-state index < -0.39 is 5.69 Å². The summed E-state index contributed by atoms with van der Waals surface area (Å²) in [5.41, 5.74) is 5.93. The molecule has 0 atom stereocenters. The van der Waals surface area contributed by atoms with Gasteiger partial charge in [-0.25, -0.2) is 9.78 Å². The standard InChI is InChI=1S/C9H8N4O2/c10-6-3-5(4-12-8(6)14)7-1-2-11-9(15)13-7/h1-4H,10H2,(H,12,14)(H,11,13,15). The van der Waals surface area contributed by atoms with Crippen LogP contribution in [-0.4, -0.2) is 15.0 Å². The van der Waals surface area contributed by atoms with Gasteiger partial charge in [-0.3, -0.25) is 4.79 Å². The molecule has 0 bridgehead atoms. The van der Waals surface area contributed by atoms with E-state index in [1.165, 1.54) is 18.5 Å². The number of nitrogen functional groups attached to an aromatic ring is 1. The molecule has 0 aliphatic carbocycles. The van der Waals surface area contributed by atoms with E-state index in [0.717, 1.165) is 0 Å². The van der Waals surface area contributed by atoms with Gasteiger partial charge in [0.05, 0.1) is 11.4 Å². The average molecular weight is 204 g/mol. The number of aromatic nitrogens is 3. The maximum Gasteiger partial charge on any atom is 0.345 e. The molecular weight excluding hydrogens is 196 g/mol. The molecule has 4 N–H and O–H groups in total. The second-order valence-corrected chi connectivity index (χ2v) is 2.96. The predicted molar refractivity (Wildman–Crippen MR) is 55.3 cm³/mol. The number of anilines is 1. The third-order valence-electron chi connectivity index (χ3n) is 1.92. The van der Waals surface area contributed by atoms with Gasteiger partial charge in [0.25, 0.3) is 5.56 Å². The van der Waals surface area contributed by atoms with Gasteiger partial charge in [-0.05, 0) is 12.1 Å². The highest BCUT2D eigenvalue weighted by molar-refractivity contribution is 5.61. The first kappa shape index (κ1) is 9.20. The van der Waals surface area contributed by atoms with E-state index >= 15 is 0 Å². The van der Waals surface area contributed by atoms with Gasteiger partial charge in [0.15, 0.2) is 0 Å². The van der Waals surface area contributed by atoms with Crippen molar-refractivity contribution in [3.63, 3.8) is 0 Å². The Morgan fingerprint density at radius 3 is 2.80 bits per heavy atom. The van der Waals surface area contributed by atoms with Gasteiger partial charge in [-0.15, -0.1) is 0 Å². The van der Waals surface area contributed by atoms with Gasteiger partial charge in [-0.2, -0.15) is 0 Å². The van der Waals surface area contributed by atoms with Crippen molar-refractivity contribution in [3.05, 3.63) is 45.4 Å². The van der Waals surface area contributed by atoms with Crippen LogP contribution in [0.4, 0.5) is 5.69 Å². The molecule has 0 aliphatic rings. The summed E-state index contributed by atoms with van der Waals surface area (Å²) in [6.45, 7) is 0. The normalized spacial score (nSPS) is 10.1. The summed E-state index contributed by atoms with van der Waals surface area (Å²) in [5, 5.41) is 0. The number of nitrogens with one attached hydrogen (secondary N) is 2. The molecule has 2 heterocycles. The van der Waals surface area contributed by atoms with Crippen LogP contribution in [0.25, 0.3) is 11.3 Å². The molecule has 2 rings (SSSR count). The highest BCUT2D eigenvalue weighted by Crippen LogP contribution is 2.13. The van der Waals surface area contributed by atoms with Crippen LogP contribution in [0.1, 0.15) is 0 Å². The lowest BCUT2D eigenvalue weighted by Crippen LogP contribution is -2.12. The van der Waals surface area contributed by atoms with E-state index in [9.17, 15) is 9.59 Å². The zero-order valence-electron chi connectivity index (χ0n) is 7.65. The number of rotatable bonds is 1. The number of nitrogens with zero attached hydrogens (tertiary/aromatic N) is 1. The van der Waals surface area contributed by atoms with Gasteiger partial charge in [-0.1, -0.05) is 0 Å². The van der Waals surface area contributed by atoms with Crippen molar-refractivity contribution in [2.24, 2.45) is 0 Å². The second-order valence-electron chi connectivity index (χ2n) is 2.96. The Kier molecular flexibility index (Phi) is 2.09. The molecule has 2 aromatic rings. The van der Waals surface area contributed by atoms with Crippen molar-refractivity contribution in [2.75, 3.05) is 5.73 Å². The minimum atomic E-state index is -0.447. The number of aromatic amines is 2. The van der Waals surface area contributed by atoms with Crippen molar-refractivity contribution >= 4 is 5.69 Å². The number of pyridine rings is 1. The Morgan fingerprint density at radius 1 is 1.33 bits per heavy atom. The Labute approximate surface area is 83.8 Å². The number of hydrogen-bond donors (Lipinski definition) is 3. The fourth-order valence-electron chi connectivity index (χ4n) is 1.19. The van der Waals surface area contributed by atoms with Crippen LogP contribution in [0.5, 0.6) is 0 Å². The summed E-state index contributed by atoms with van der Waals surface area (Å²) in [7, 11) is 0. The van der Waals surface area contributed by atoms with Gasteiger partial charge in [0, 0.05) is 18.0 Å². The molecule has 0 unspecified atom stereocenters. The summed E-state index contributed by atoms with van der Waals surface area (Å²) in [4.78, 5) is 30.4. The monoisotopic (exact) mass is 204 g/mol. The predicted octanol–water partition coefficient (Wildman–Crippen LogP) is -0.293. The SMILES string of the molecule is Nc1cc(-c2ccnc(=O)[nH]2)c[nH]c1=O. The molecule has 0 saturated heterocycles. The first-order chi connectivity index (χ1) is 7.16. The van der Waals surface area contributed by atoms with Crippen molar-refractivity contribution in [2.45, 2.75) is 0 Å². The van der Waals surface area contributed by atoms with Crippen LogP contribution >= 0.6 is 0 Å². The Balaban J connectivity index is 2.59. The zero-order chi connectivity index (χ0) is 10.8. The van der Waals surface area contributed by atoms with Crippen molar-refractivity contribution < 1.29 is 0 Å². The Bertz CT molecular complexity index is 599. The topological polar surface area (TPSA) is 105 Å². The van der Waals surface area contributed by atoms with Crippen LogP contribution in [0.15, 0.2) is 34.1 Å². The van der Waals surface area contributed by atoms with E-state index in [-0.39, 0.29) is 11.2 Å². The first-order valence-electron chi connectivity index (χ1n) is 4.21. The molecule has 6 heteroatoms. The minimum Gasteiger partial charge on any atom is -0.394 e. The minimum absolute atomic E-state index is 0.102. The van der Waals surface area contributed by atoms with Crippen molar-refractivity contribution in [1.29, 1.82) is 0 Å². The molecule has 0 radical (unpaired) electrons. The lowest BCUT2D eigenvalue weighted by atomic mass is 10.2. The van der Waals surface area contributed by atoms with Gasteiger partial charge >= 0.3 is 5.69 Å². The second kappa shape index (κ2) is 3.41. The highest BCUT2D eigenvalue weighted by Gasteiger charge is 2.01. The maximum absolute atomic E-state index is 11.0. The van der Waals surface area contributed by atoms with E-state index in [0.29, 0.717) is 11.3 Å². The van der Waals surface area contributed by atoms with Gasteiger partial charge in [0.1, 0.15) is 0 Å². The van der Waals surface area contributed by atoms with Crippen LogP contribution in [0, 0.1) is 0 Å². The molecular formula is C9H8N4O2. The third kappa shape index (κ3) is 1.78. The molecule has 2 aromatic heterocycles. The maximum atomic E-state index is 11.0. The van der Waals surface area contributed by atoms with E-state index in [2.05, 4.69) is 15.0 Å². The smallest absolute Gasteiger partial charge is 0.345 e. The van der Waals surface area contributed by atoms with Crippen LogP contribution < -0.4 is 17.0 Å². The molecule has 0 amide bonds. The summed E-state index contributed by atoms with van der Waals surface area (Å²) in [6, 6.07) is 3.11. The van der Waals surface area contributed by atoms with Crippen molar-refractivity contribution in [3.8, 4) is 11.3 Å². The van der Waals surface area contributed by atoms with Gasteiger partial charge < -0.3 is 15.7 Å². The first-order valence-corrected chi connectivity index (χ1v) is 4.21. The van der Waals surface area contributed by atoms with Crippen LogP contribution in [-0.2, 0) is 0 Å².